The van der Waals surface area contributed by atoms with Gasteiger partial charge in [-0.05, 0) is 31.2 Å². The number of hydrogen-bond acceptors (Lipinski definition) is 7. The number of pyridine rings is 2. The van der Waals surface area contributed by atoms with Gasteiger partial charge in [0.05, 0.1) is 12.1 Å². The molecule has 136 valence electrons. The van der Waals surface area contributed by atoms with Gasteiger partial charge in [-0.1, -0.05) is 5.16 Å². The van der Waals surface area contributed by atoms with Gasteiger partial charge in [0, 0.05) is 12.4 Å². The fourth-order valence-electron chi connectivity index (χ4n) is 2.16. The zero-order chi connectivity index (χ0) is 18.6. The molecule has 7 nitrogen and oxygen atoms in total. The van der Waals surface area contributed by atoms with E-state index in [4.69, 9.17) is 9.26 Å². The van der Waals surface area contributed by atoms with Crippen LogP contribution >= 0.6 is 0 Å². The number of aromatic nitrogens is 4. The van der Waals surface area contributed by atoms with Crippen LogP contribution in [0.5, 0.6) is 5.88 Å². The average Bonchev–Trinajstić information content (AvgIpc) is 3.05. The van der Waals surface area contributed by atoms with Gasteiger partial charge >= 0.3 is 6.18 Å². The predicted octanol–water partition coefficient (Wildman–Crippen LogP) is 3.34. The van der Waals surface area contributed by atoms with Gasteiger partial charge in [0.25, 0.3) is 5.89 Å². The molecule has 0 aromatic carbocycles. The van der Waals surface area contributed by atoms with Crippen molar-refractivity contribution in [3.05, 3.63) is 48.0 Å². The molecule has 3 aromatic heterocycles. The minimum Gasteiger partial charge on any atom is -0.475 e. The summed E-state index contributed by atoms with van der Waals surface area (Å²) < 4.78 is 49.0. The zero-order valence-corrected chi connectivity index (χ0v) is 13.6. The second-order valence-corrected chi connectivity index (χ2v) is 5.18. The Labute approximate surface area is 146 Å². The van der Waals surface area contributed by atoms with Crippen LogP contribution in [0.25, 0.3) is 11.5 Å². The molecule has 0 atom stereocenters. The fourth-order valence-corrected chi connectivity index (χ4v) is 2.16. The van der Waals surface area contributed by atoms with Crippen LogP contribution in [0.4, 0.5) is 19.0 Å². The maximum Gasteiger partial charge on any atom is 0.421 e. The molecule has 0 saturated carbocycles. The van der Waals surface area contributed by atoms with E-state index in [-0.39, 0.29) is 13.2 Å². The number of ether oxygens (including phenoxy) is 1. The van der Waals surface area contributed by atoms with Gasteiger partial charge < -0.3 is 14.6 Å². The summed E-state index contributed by atoms with van der Waals surface area (Å²) in [6, 6.07) is 5.58. The summed E-state index contributed by atoms with van der Waals surface area (Å²) in [4.78, 5) is 11.9. The lowest BCUT2D eigenvalue weighted by Crippen LogP contribution is -2.16. The molecular weight excluding hydrogens is 351 g/mol. The van der Waals surface area contributed by atoms with Crippen molar-refractivity contribution >= 4 is 5.82 Å². The highest BCUT2D eigenvalue weighted by Gasteiger charge is 2.34. The van der Waals surface area contributed by atoms with Crippen LogP contribution in [0.3, 0.4) is 0 Å². The fraction of sp³-hybridized carbons (Fsp3) is 0.250. The molecule has 0 unspecified atom stereocenters. The lowest BCUT2D eigenvalue weighted by molar-refractivity contribution is -0.139. The Morgan fingerprint density at radius 2 is 1.92 bits per heavy atom. The van der Waals surface area contributed by atoms with Crippen LogP contribution in [-0.2, 0) is 6.18 Å². The number of halogens is 3. The molecule has 0 saturated heterocycles. The lowest BCUT2D eigenvalue weighted by atomic mass is 10.2. The molecule has 0 aliphatic heterocycles. The van der Waals surface area contributed by atoms with Crippen LogP contribution in [0.15, 0.2) is 41.2 Å². The molecule has 26 heavy (non-hydrogen) atoms. The van der Waals surface area contributed by atoms with Gasteiger partial charge in [0.1, 0.15) is 18.0 Å². The third-order valence-corrected chi connectivity index (χ3v) is 3.28. The molecule has 3 rings (SSSR count). The maximum absolute atomic E-state index is 12.9. The van der Waals surface area contributed by atoms with Gasteiger partial charge in [-0.25, -0.2) is 9.97 Å². The van der Waals surface area contributed by atoms with E-state index in [1.165, 1.54) is 12.3 Å². The second-order valence-electron chi connectivity index (χ2n) is 5.18. The highest BCUT2D eigenvalue weighted by Crippen LogP contribution is 2.34. The molecule has 0 aliphatic carbocycles. The topological polar surface area (TPSA) is 86.0 Å². The van der Waals surface area contributed by atoms with E-state index in [1.54, 1.807) is 25.3 Å². The number of nitrogens with zero attached hydrogens (tertiary/aromatic N) is 4. The summed E-state index contributed by atoms with van der Waals surface area (Å²) in [7, 11) is 0. The summed E-state index contributed by atoms with van der Waals surface area (Å²) in [6.07, 6.45) is -1.72. The molecule has 0 spiro atoms. The first-order valence-electron chi connectivity index (χ1n) is 7.60. The highest BCUT2D eigenvalue weighted by molar-refractivity contribution is 5.68. The van der Waals surface area contributed by atoms with E-state index in [1.807, 2.05) is 0 Å². The number of nitrogens with one attached hydrogen (secondary N) is 1. The van der Waals surface area contributed by atoms with Crippen molar-refractivity contribution < 1.29 is 22.4 Å². The lowest BCUT2D eigenvalue weighted by Gasteiger charge is -2.13. The van der Waals surface area contributed by atoms with Crippen LogP contribution in [0.2, 0.25) is 0 Å². The normalized spacial score (nSPS) is 11.4. The van der Waals surface area contributed by atoms with E-state index in [0.29, 0.717) is 23.1 Å². The molecular formula is C16H14F3N5O2. The Balaban J connectivity index is 1.64. The molecule has 1 N–H and O–H groups in total. The molecule has 10 heteroatoms. The van der Waals surface area contributed by atoms with E-state index in [9.17, 15) is 13.2 Å². The number of alkyl halides is 3. The quantitative estimate of drug-likeness (QED) is 0.671. The molecule has 0 amide bonds. The van der Waals surface area contributed by atoms with Crippen molar-refractivity contribution in [2.75, 3.05) is 18.5 Å². The Morgan fingerprint density at radius 3 is 2.65 bits per heavy atom. The zero-order valence-electron chi connectivity index (χ0n) is 13.6. The van der Waals surface area contributed by atoms with Crippen molar-refractivity contribution in [2.24, 2.45) is 0 Å². The van der Waals surface area contributed by atoms with Crippen molar-refractivity contribution in [3.63, 3.8) is 0 Å². The smallest absolute Gasteiger partial charge is 0.421 e. The number of anilines is 1. The summed E-state index contributed by atoms with van der Waals surface area (Å²) in [5, 5.41) is 6.70. The standard InChI is InChI=1S/C16H14F3N5O2/c1-10-23-14(26-24-10)11-4-2-6-20-13(11)21-8-9-25-15-12(16(17,18)19)5-3-7-22-15/h2-7H,8-9H2,1H3,(H,20,21). The largest absolute Gasteiger partial charge is 0.475 e. The van der Waals surface area contributed by atoms with E-state index >= 15 is 0 Å². The van der Waals surface area contributed by atoms with Gasteiger partial charge in [0.2, 0.25) is 5.88 Å². The summed E-state index contributed by atoms with van der Waals surface area (Å²) in [6.45, 7) is 1.85. The molecule has 3 aromatic rings. The van der Waals surface area contributed by atoms with Gasteiger partial charge in [-0.3, -0.25) is 0 Å². The number of aryl methyl sites for hydroxylation is 1. The highest BCUT2D eigenvalue weighted by atomic mass is 19.4. The Bertz CT molecular complexity index is 882. The number of rotatable bonds is 6. The van der Waals surface area contributed by atoms with Crippen LogP contribution in [-0.4, -0.2) is 33.3 Å². The van der Waals surface area contributed by atoms with Crippen LogP contribution in [0, 0.1) is 6.92 Å². The third-order valence-electron chi connectivity index (χ3n) is 3.28. The van der Waals surface area contributed by atoms with Gasteiger partial charge in [-0.15, -0.1) is 0 Å². The Kier molecular flexibility index (Phi) is 5.01. The van der Waals surface area contributed by atoms with E-state index < -0.39 is 17.6 Å². The molecule has 3 heterocycles. The Morgan fingerprint density at radius 1 is 1.15 bits per heavy atom. The first kappa shape index (κ1) is 17.6. The summed E-state index contributed by atoms with van der Waals surface area (Å²) >= 11 is 0. The first-order chi connectivity index (χ1) is 12.4. The van der Waals surface area contributed by atoms with Gasteiger partial charge in [0.15, 0.2) is 5.82 Å². The Hall–Kier alpha value is -3.17. The van der Waals surface area contributed by atoms with Crippen molar-refractivity contribution in [1.29, 1.82) is 0 Å². The second kappa shape index (κ2) is 7.38. The van der Waals surface area contributed by atoms with Crippen LogP contribution < -0.4 is 10.1 Å². The monoisotopic (exact) mass is 365 g/mol. The minimum absolute atomic E-state index is 0.0427. The van der Waals surface area contributed by atoms with Crippen LogP contribution in [0.1, 0.15) is 11.4 Å². The van der Waals surface area contributed by atoms with Crippen molar-refractivity contribution in [3.8, 4) is 17.3 Å². The number of hydrogen-bond donors (Lipinski definition) is 1. The van der Waals surface area contributed by atoms with Gasteiger partial charge in [-0.2, -0.15) is 18.2 Å². The third kappa shape index (κ3) is 4.08. The van der Waals surface area contributed by atoms with E-state index in [0.717, 1.165) is 6.07 Å². The summed E-state index contributed by atoms with van der Waals surface area (Å²) in [5.41, 5.74) is -0.332. The average molecular weight is 365 g/mol. The van der Waals surface area contributed by atoms with E-state index in [2.05, 4.69) is 25.4 Å². The molecule has 0 fully saturated rings. The first-order valence-corrected chi connectivity index (χ1v) is 7.60. The SMILES string of the molecule is Cc1noc(-c2cccnc2NCCOc2ncccc2C(F)(F)F)n1. The predicted molar refractivity (Wildman–Crippen MR) is 85.5 cm³/mol. The van der Waals surface area contributed by atoms with Crippen molar-refractivity contribution in [2.45, 2.75) is 13.1 Å². The molecule has 0 bridgehead atoms. The molecule has 0 radical (unpaired) electrons. The maximum atomic E-state index is 12.9. The minimum atomic E-state index is -4.53. The van der Waals surface area contributed by atoms with Crippen molar-refractivity contribution in [1.82, 2.24) is 20.1 Å². The molecule has 0 aliphatic rings. The summed E-state index contributed by atoms with van der Waals surface area (Å²) in [5.74, 6) is 0.767.